The normalized spacial score (nSPS) is 13.8. The minimum atomic E-state index is -0.863. The largest absolute Gasteiger partial charge is 0.493 e. The fraction of sp³-hybridized carbons (Fsp3) is 0.273. The van der Waals surface area contributed by atoms with Crippen LogP contribution in [-0.4, -0.2) is 30.3 Å². The number of carbonyl (C=O) groups excluding carboxylic acids is 1. The predicted molar refractivity (Wildman–Crippen MR) is 150 cm³/mol. The zero-order valence-corrected chi connectivity index (χ0v) is 22.4. The van der Waals surface area contributed by atoms with Gasteiger partial charge in [0.1, 0.15) is 5.75 Å². The number of fused-ring (bicyclic) bond motifs is 1. The highest BCUT2D eigenvalue weighted by Gasteiger charge is 2.30. The molecule has 0 amide bonds. The Balaban J connectivity index is 1.65. The van der Waals surface area contributed by atoms with Crippen LogP contribution in [0.5, 0.6) is 5.75 Å². The van der Waals surface area contributed by atoms with E-state index in [1.807, 2.05) is 51.2 Å². The summed E-state index contributed by atoms with van der Waals surface area (Å²) in [6.45, 7) is 6.57. The molecule has 0 saturated heterocycles. The van der Waals surface area contributed by atoms with Crippen LogP contribution in [-0.2, 0) is 20.7 Å². The SMILES string of the molecule is COC(=O)C(OC(C)(C)C)c1ccc(-c2cccc(-c3cccnc3)c2)cc1-c1ccc2c(c1)CCCO2. The molecule has 1 unspecified atom stereocenters. The lowest BCUT2D eigenvalue weighted by molar-refractivity contribution is -0.164. The van der Waals surface area contributed by atoms with Crippen molar-refractivity contribution >= 4 is 5.97 Å². The molecule has 5 heteroatoms. The first-order chi connectivity index (χ1) is 18.3. The Kier molecular flexibility index (Phi) is 7.30. The molecule has 0 radical (unpaired) electrons. The number of hydrogen-bond donors (Lipinski definition) is 0. The molecule has 1 aliphatic heterocycles. The topological polar surface area (TPSA) is 57.7 Å². The molecule has 0 N–H and O–H groups in total. The third kappa shape index (κ3) is 5.63. The molecule has 1 atom stereocenters. The number of ether oxygens (including phenoxy) is 3. The second-order valence-corrected chi connectivity index (χ2v) is 10.5. The highest BCUT2D eigenvalue weighted by Crippen LogP contribution is 2.39. The Labute approximate surface area is 224 Å². The van der Waals surface area contributed by atoms with Crippen LogP contribution in [0.1, 0.15) is 44.4 Å². The fourth-order valence-electron chi connectivity index (χ4n) is 4.85. The number of esters is 1. The Morgan fingerprint density at radius 3 is 2.37 bits per heavy atom. The van der Waals surface area contributed by atoms with Crippen LogP contribution in [0.4, 0.5) is 0 Å². The standard InChI is InChI=1S/C33H33NO4/c1-33(2,3)38-31(32(35)36-4)28-14-12-24(22-8-5-9-23(18-22)27-10-6-16-34-21-27)20-29(28)25-13-15-30-26(19-25)11-7-17-37-30/h5-6,8-10,12-16,18-21,31H,7,11,17H2,1-4H3. The zero-order valence-electron chi connectivity index (χ0n) is 22.4. The van der Waals surface area contributed by atoms with E-state index in [4.69, 9.17) is 14.2 Å². The van der Waals surface area contributed by atoms with Crippen LogP contribution in [0.2, 0.25) is 0 Å². The van der Waals surface area contributed by atoms with Crippen molar-refractivity contribution in [2.45, 2.75) is 45.3 Å². The van der Waals surface area contributed by atoms with Crippen molar-refractivity contribution in [3.8, 4) is 39.1 Å². The summed E-state index contributed by atoms with van der Waals surface area (Å²) >= 11 is 0. The molecule has 5 nitrogen and oxygen atoms in total. The molecule has 0 fully saturated rings. The fourth-order valence-corrected chi connectivity index (χ4v) is 4.85. The van der Waals surface area contributed by atoms with Crippen molar-refractivity contribution in [2.75, 3.05) is 13.7 Å². The first-order valence-corrected chi connectivity index (χ1v) is 13.0. The average Bonchev–Trinajstić information content (AvgIpc) is 2.95. The smallest absolute Gasteiger partial charge is 0.339 e. The second-order valence-electron chi connectivity index (χ2n) is 10.5. The van der Waals surface area contributed by atoms with Gasteiger partial charge in [0.2, 0.25) is 0 Å². The third-order valence-electron chi connectivity index (χ3n) is 6.63. The van der Waals surface area contributed by atoms with Gasteiger partial charge in [-0.25, -0.2) is 4.79 Å². The van der Waals surface area contributed by atoms with Crippen molar-refractivity contribution in [1.82, 2.24) is 4.98 Å². The van der Waals surface area contributed by atoms with Gasteiger partial charge in [0.05, 0.1) is 19.3 Å². The van der Waals surface area contributed by atoms with E-state index in [2.05, 4.69) is 53.5 Å². The molecule has 5 rings (SSSR count). The maximum Gasteiger partial charge on any atom is 0.339 e. The summed E-state index contributed by atoms with van der Waals surface area (Å²) in [7, 11) is 1.40. The number of carbonyl (C=O) groups is 1. The number of pyridine rings is 1. The van der Waals surface area contributed by atoms with E-state index in [1.165, 1.54) is 12.7 Å². The van der Waals surface area contributed by atoms with Gasteiger partial charge >= 0.3 is 5.97 Å². The molecule has 2 heterocycles. The Bertz CT molecular complexity index is 1440. The van der Waals surface area contributed by atoms with E-state index in [1.54, 1.807) is 6.20 Å². The minimum Gasteiger partial charge on any atom is -0.493 e. The molecule has 3 aromatic carbocycles. The lowest BCUT2D eigenvalue weighted by atomic mass is 9.89. The molecular formula is C33H33NO4. The maximum absolute atomic E-state index is 13.0. The van der Waals surface area contributed by atoms with E-state index in [-0.39, 0.29) is 0 Å². The summed E-state index contributed by atoms with van der Waals surface area (Å²) in [6, 6.07) is 24.9. The van der Waals surface area contributed by atoms with Crippen LogP contribution in [0, 0.1) is 0 Å². The highest BCUT2D eigenvalue weighted by atomic mass is 16.6. The van der Waals surface area contributed by atoms with Crippen molar-refractivity contribution in [2.24, 2.45) is 0 Å². The van der Waals surface area contributed by atoms with E-state index in [0.717, 1.165) is 64.1 Å². The zero-order chi connectivity index (χ0) is 26.7. The van der Waals surface area contributed by atoms with Gasteiger partial charge in [-0.2, -0.15) is 0 Å². The van der Waals surface area contributed by atoms with Gasteiger partial charge < -0.3 is 14.2 Å². The van der Waals surface area contributed by atoms with Gasteiger partial charge in [-0.15, -0.1) is 0 Å². The Morgan fingerprint density at radius 2 is 1.63 bits per heavy atom. The molecule has 0 aliphatic carbocycles. The van der Waals surface area contributed by atoms with Crippen LogP contribution >= 0.6 is 0 Å². The number of aryl methyl sites for hydroxylation is 1. The van der Waals surface area contributed by atoms with Crippen molar-refractivity contribution in [3.05, 3.63) is 96.3 Å². The number of methoxy groups -OCH3 is 1. The Hall–Kier alpha value is -3.96. The number of aromatic nitrogens is 1. The summed E-state index contributed by atoms with van der Waals surface area (Å²) in [4.78, 5) is 17.3. The van der Waals surface area contributed by atoms with Gasteiger partial charge in [0.15, 0.2) is 6.10 Å². The van der Waals surface area contributed by atoms with Gasteiger partial charge in [-0.3, -0.25) is 4.98 Å². The van der Waals surface area contributed by atoms with Crippen molar-refractivity contribution < 1.29 is 19.0 Å². The molecule has 194 valence electrons. The summed E-state index contributed by atoms with van der Waals surface area (Å²) in [5.74, 6) is 0.506. The first-order valence-electron chi connectivity index (χ1n) is 13.0. The van der Waals surface area contributed by atoms with Crippen LogP contribution in [0.3, 0.4) is 0 Å². The van der Waals surface area contributed by atoms with Gasteiger partial charge in [0.25, 0.3) is 0 Å². The molecule has 0 saturated carbocycles. The summed E-state index contributed by atoms with van der Waals surface area (Å²) in [5.41, 5.74) is 7.63. The van der Waals surface area contributed by atoms with Crippen molar-refractivity contribution in [3.63, 3.8) is 0 Å². The number of nitrogens with zero attached hydrogens (tertiary/aromatic N) is 1. The van der Waals surface area contributed by atoms with Crippen LogP contribution in [0.25, 0.3) is 33.4 Å². The molecule has 1 aliphatic rings. The first kappa shape index (κ1) is 25.7. The molecule has 0 spiro atoms. The van der Waals surface area contributed by atoms with E-state index in [0.29, 0.717) is 0 Å². The summed E-state index contributed by atoms with van der Waals surface area (Å²) in [6.07, 6.45) is 4.73. The average molecular weight is 508 g/mol. The van der Waals surface area contributed by atoms with Crippen LogP contribution < -0.4 is 4.74 Å². The molecular weight excluding hydrogens is 474 g/mol. The van der Waals surface area contributed by atoms with Crippen LogP contribution in [0.15, 0.2) is 85.2 Å². The quantitative estimate of drug-likeness (QED) is 0.254. The monoisotopic (exact) mass is 507 g/mol. The van der Waals surface area contributed by atoms with E-state index in [9.17, 15) is 4.79 Å². The van der Waals surface area contributed by atoms with E-state index < -0.39 is 17.7 Å². The summed E-state index contributed by atoms with van der Waals surface area (Å²) < 4.78 is 17.3. The summed E-state index contributed by atoms with van der Waals surface area (Å²) in [5, 5.41) is 0. The lowest BCUT2D eigenvalue weighted by Gasteiger charge is -2.28. The number of hydrogen-bond acceptors (Lipinski definition) is 5. The number of benzene rings is 3. The predicted octanol–water partition coefficient (Wildman–Crippen LogP) is 7.44. The Morgan fingerprint density at radius 1 is 0.895 bits per heavy atom. The molecule has 38 heavy (non-hydrogen) atoms. The molecule has 1 aromatic heterocycles. The lowest BCUT2D eigenvalue weighted by Crippen LogP contribution is -2.28. The van der Waals surface area contributed by atoms with Crippen molar-refractivity contribution in [1.29, 1.82) is 0 Å². The second kappa shape index (κ2) is 10.8. The molecule has 0 bridgehead atoms. The number of rotatable bonds is 6. The van der Waals surface area contributed by atoms with Gasteiger partial charge in [-0.05, 0) is 103 Å². The van der Waals surface area contributed by atoms with E-state index >= 15 is 0 Å². The maximum atomic E-state index is 13.0. The highest BCUT2D eigenvalue weighted by molar-refractivity contribution is 5.84. The third-order valence-corrected chi connectivity index (χ3v) is 6.63. The van der Waals surface area contributed by atoms with Gasteiger partial charge in [-0.1, -0.05) is 42.5 Å². The minimum absolute atomic E-state index is 0.422. The molecule has 4 aromatic rings. The van der Waals surface area contributed by atoms with Gasteiger partial charge in [0, 0.05) is 18.0 Å².